The number of nitrogens with zero attached hydrogens (tertiary/aromatic N) is 2. The number of benzene rings is 1. The third-order valence-electron chi connectivity index (χ3n) is 3.70. The number of aromatic nitrogens is 1. The topological polar surface area (TPSA) is 74.6 Å². The van der Waals surface area contributed by atoms with Gasteiger partial charge in [0.2, 0.25) is 0 Å². The highest BCUT2D eigenvalue weighted by molar-refractivity contribution is 7.80. The van der Waals surface area contributed by atoms with E-state index in [1.807, 2.05) is 31.2 Å². The first-order valence-electron chi connectivity index (χ1n) is 7.15. The Morgan fingerprint density at radius 2 is 2.13 bits per heavy atom. The van der Waals surface area contributed by atoms with Crippen LogP contribution in [0.2, 0.25) is 0 Å². The van der Waals surface area contributed by atoms with E-state index < -0.39 is 5.97 Å². The molecule has 0 aliphatic carbocycles. The largest absolute Gasteiger partial charge is 0.480 e. The van der Waals surface area contributed by atoms with Gasteiger partial charge in [0.05, 0.1) is 0 Å². The fraction of sp³-hybridized carbons (Fsp3) is 0.188. The van der Waals surface area contributed by atoms with E-state index in [-0.39, 0.29) is 12.5 Å². The zero-order valence-electron chi connectivity index (χ0n) is 12.4. The molecule has 0 atom stereocenters. The van der Waals surface area contributed by atoms with Gasteiger partial charge < -0.3 is 15.0 Å². The first kappa shape index (κ1) is 15.2. The lowest BCUT2D eigenvalue weighted by molar-refractivity contribution is -0.137. The molecule has 23 heavy (non-hydrogen) atoms. The molecule has 2 aromatic rings. The molecule has 1 aliphatic rings. The van der Waals surface area contributed by atoms with Crippen LogP contribution in [-0.4, -0.2) is 38.1 Å². The molecule has 0 bridgehead atoms. The lowest BCUT2D eigenvalue weighted by Gasteiger charge is -2.08. The van der Waals surface area contributed by atoms with Gasteiger partial charge in [0.15, 0.2) is 5.11 Å². The van der Waals surface area contributed by atoms with Crippen molar-refractivity contribution in [3.8, 4) is 0 Å². The van der Waals surface area contributed by atoms with Crippen molar-refractivity contribution >= 4 is 46.2 Å². The van der Waals surface area contributed by atoms with Gasteiger partial charge in [-0.25, -0.2) is 0 Å². The standard InChI is InChI=1S/C16H15N3O3S/c1-2-19-15(22)12(17-16(19)23)7-10-8-18(9-14(20)21)13-6-4-3-5-11(10)13/h3-8H,2,9H2,1H3,(H,17,23)(H,20,21)/b12-7-. The number of thiocarbonyl (C=S) groups is 1. The van der Waals surface area contributed by atoms with Crippen LogP contribution >= 0.6 is 12.2 Å². The SMILES string of the molecule is CCN1C(=O)/C(=C/c2cn(CC(=O)O)c3ccccc23)NC1=S. The van der Waals surface area contributed by atoms with Gasteiger partial charge in [0.1, 0.15) is 12.2 Å². The highest BCUT2D eigenvalue weighted by atomic mass is 32.1. The van der Waals surface area contributed by atoms with Gasteiger partial charge in [-0.1, -0.05) is 18.2 Å². The number of likely N-dealkylation sites (N-methyl/N-ethyl adjacent to an activating group) is 1. The van der Waals surface area contributed by atoms with Crippen LogP contribution in [0, 0.1) is 0 Å². The zero-order valence-corrected chi connectivity index (χ0v) is 13.3. The third kappa shape index (κ3) is 2.70. The molecule has 2 N–H and O–H groups in total. The molecule has 7 heteroatoms. The Hall–Kier alpha value is -2.67. The van der Waals surface area contributed by atoms with Crippen molar-refractivity contribution in [3.63, 3.8) is 0 Å². The van der Waals surface area contributed by atoms with Crippen molar-refractivity contribution < 1.29 is 14.7 Å². The number of hydrogen-bond donors (Lipinski definition) is 2. The molecule has 1 amide bonds. The summed E-state index contributed by atoms with van der Waals surface area (Å²) in [6, 6.07) is 7.48. The lowest BCUT2D eigenvalue weighted by atomic mass is 10.1. The minimum absolute atomic E-state index is 0.134. The average molecular weight is 329 g/mol. The minimum atomic E-state index is -0.918. The molecule has 1 aliphatic heterocycles. The molecule has 1 aromatic heterocycles. The summed E-state index contributed by atoms with van der Waals surface area (Å²) in [6.45, 7) is 2.22. The van der Waals surface area contributed by atoms with Gasteiger partial charge in [0, 0.05) is 29.2 Å². The fourth-order valence-corrected chi connectivity index (χ4v) is 3.00. The summed E-state index contributed by atoms with van der Waals surface area (Å²) in [4.78, 5) is 24.8. The van der Waals surface area contributed by atoms with Crippen LogP contribution in [0.5, 0.6) is 0 Å². The van der Waals surface area contributed by atoms with Crippen molar-refractivity contribution in [2.24, 2.45) is 0 Å². The van der Waals surface area contributed by atoms with Crippen molar-refractivity contribution in [3.05, 3.63) is 41.7 Å². The highest BCUT2D eigenvalue weighted by Crippen LogP contribution is 2.24. The van der Waals surface area contributed by atoms with Crippen molar-refractivity contribution in [1.82, 2.24) is 14.8 Å². The summed E-state index contributed by atoms with van der Waals surface area (Å²) in [5.41, 5.74) is 1.98. The van der Waals surface area contributed by atoms with Crippen molar-refractivity contribution in [2.45, 2.75) is 13.5 Å². The Morgan fingerprint density at radius 1 is 1.39 bits per heavy atom. The molecule has 0 radical (unpaired) electrons. The summed E-state index contributed by atoms with van der Waals surface area (Å²) >= 11 is 5.14. The van der Waals surface area contributed by atoms with Crippen LogP contribution in [0.1, 0.15) is 12.5 Å². The third-order valence-corrected chi connectivity index (χ3v) is 4.03. The number of aliphatic carboxylic acids is 1. The number of hydrogen-bond acceptors (Lipinski definition) is 3. The van der Waals surface area contributed by atoms with Gasteiger partial charge in [-0.05, 0) is 31.3 Å². The van der Waals surface area contributed by atoms with Crippen LogP contribution in [0.3, 0.4) is 0 Å². The molecule has 1 aromatic carbocycles. The Balaban J connectivity index is 2.07. The Kier molecular flexibility index (Phi) is 3.87. The van der Waals surface area contributed by atoms with Gasteiger partial charge in [-0.15, -0.1) is 0 Å². The number of para-hydroxylation sites is 1. The summed E-state index contributed by atoms with van der Waals surface area (Å²) in [5, 5.41) is 13.2. The van der Waals surface area contributed by atoms with E-state index in [9.17, 15) is 9.59 Å². The number of rotatable bonds is 4. The van der Waals surface area contributed by atoms with Gasteiger partial charge in [-0.2, -0.15) is 0 Å². The smallest absolute Gasteiger partial charge is 0.323 e. The number of nitrogens with one attached hydrogen (secondary N) is 1. The quantitative estimate of drug-likeness (QED) is 0.661. The summed E-state index contributed by atoms with van der Waals surface area (Å²) in [5.74, 6) is -1.09. The summed E-state index contributed by atoms with van der Waals surface area (Å²) in [6.07, 6.45) is 3.45. The molecule has 0 spiro atoms. The predicted octanol–water partition coefficient (Wildman–Crippen LogP) is 1.80. The zero-order chi connectivity index (χ0) is 16.6. The number of fused-ring (bicyclic) bond motifs is 1. The van der Waals surface area contributed by atoms with Gasteiger partial charge in [0.25, 0.3) is 5.91 Å². The summed E-state index contributed by atoms with van der Waals surface area (Å²) in [7, 11) is 0. The molecule has 1 fully saturated rings. The average Bonchev–Trinajstić information content (AvgIpc) is 2.98. The maximum atomic E-state index is 12.3. The molecule has 0 unspecified atom stereocenters. The molecule has 1 saturated heterocycles. The van der Waals surface area contributed by atoms with E-state index in [4.69, 9.17) is 17.3 Å². The first-order chi connectivity index (χ1) is 11.0. The Bertz CT molecular complexity index is 853. The van der Waals surface area contributed by atoms with Crippen LogP contribution in [0.15, 0.2) is 36.2 Å². The highest BCUT2D eigenvalue weighted by Gasteiger charge is 2.29. The predicted molar refractivity (Wildman–Crippen MR) is 90.7 cm³/mol. The molecular weight excluding hydrogens is 314 g/mol. The minimum Gasteiger partial charge on any atom is -0.480 e. The van der Waals surface area contributed by atoms with E-state index in [1.165, 1.54) is 4.90 Å². The van der Waals surface area contributed by atoms with Crippen LogP contribution in [0.4, 0.5) is 0 Å². The van der Waals surface area contributed by atoms with Gasteiger partial charge >= 0.3 is 5.97 Å². The second-order valence-electron chi connectivity index (χ2n) is 5.16. The van der Waals surface area contributed by atoms with Gasteiger partial charge in [-0.3, -0.25) is 14.5 Å². The molecular formula is C16H15N3O3S. The van der Waals surface area contributed by atoms with Crippen molar-refractivity contribution in [2.75, 3.05) is 6.54 Å². The normalized spacial score (nSPS) is 16.4. The monoisotopic (exact) mass is 329 g/mol. The Morgan fingerprint density at radius 3 is 2.78 bits per heavy atom. The van der Waals surface area contributed by atoms with Crippen molar-refractivity contribution in [1.29, 1.82) is 0 Å². The van der Waals surface area contributed by atoms with Crippen LogP contribution in [-0.2, 0) is 16.1 Å². The summed E-state index contributed by atoms with van der Waals surface area (Å²) < 4.78 is 1.65. The fourth-order valence-electron chi connectivity index (χ4n) is 2.68. The second kappa shape index (κ2) is 5.85. The number of carboxylic acid groups (broad SMARTS) is 1. The van der Waals surface area contributed by atoms with E-state index >= 15 is 0 Å². The number of amides is 1. The number of carbonyl (C=O) groups excluding carboxylic acids is 1. The number of carbonyl (C=O) groups is 2. The van der Waals surface area contributed by atoms with Crippen LogP contribution < -0.4 is 5.32 Å². The van der Waals surface area contributed by atoms with Crippen LogP contribution in [0.25, 0.3) is 17.0 Å². The maximum Gasteiger partial charge on any atom is 0.323 e. The molecule has 0 saturated carbocycles. The first-order valence-corrected chi connectivity index (χ1v) is 7.56. The van der Waals surface area contributed by atoms with E-state index in [1.54, 1.807) is 16.8 Å². The van der Waals surface area contributed by atoms with E-state index in [0.29, 0.717) is 17.4 Å². The number of carboxylic acids is 1. The maximum absolute atomic E-state index is 12.3. The lowest BCUT2D eigenvalue weighted by Crippen LogP contribution is -2.30. The molecule has 3 rings (SSSR count). The Labute approximate surface area is 138 Å². The second-order valence-corrected chi connectivity index (χ2v) is 5.55. The molecule has 118 valence electrons. The molecule has 6 nitrogen and oxygen atoms in total. The van der Waals surface area contributed by atoms with E-state index in [2.05, 4.69) is 5.32 Å². The van der Waals surface area contributed by atoms with E-state index in [0.717, 1.165) is 16.5 Å². The molecule has 2 heterocycles.